The van der Waals surface area contributed by atoms with Crippen LogP contribution in [0.3, 0.4) is 0 Å². The number of nitrogens with zero attached hydrogens (tertiary/aromatic N) is 2. The van der Waals surface area contributed by atoms with Gasteiger partial charge in [-0.05, 0) is 105 Å². The number of nitrogens with one attached hydrogen (secondary N) is 4. The molecule has 6 N–H and O–H groups in total. The summed E-state index contributed by atoms with van der Waals surface area (Å²) in [5.74, 6) is -0.665. The van der Waals surface area contributed by atoms with Crippen LogP contribution in [0.15, 0.2) is 61.2 Å². The van der Waals surface area contributed by atoms with Gasteiger partial charge in [-0.3, -0.25) is 24.5 Å². The smallest absolute Gasteiger partial charge is 0.411 e. The first-order valence-corrected chi connectivity index (χ1v) is 34.8. The maximum Gasteiger partial charge on any atom is 0.411 e. The van der Waals surface area contributed by atoms with Crippen LogP contribution >= 0.6 is 0 Å². The number of hydrogen-bond donors (Lipinski definition) is 5. The number of hydrogen-bond acceptors (Lipinski definition) is 15. The third-order valence-corrected chi connectivity index (χ3v) is 25.2. The molecule has 3 aromatic rings. The number of anilines is 3. The molecule has 2 aliphatic heterocycles. The molecule has 0 aromatic heterocycles. The van der Waals surface area contributed by atoms with Crippen LogP contribution in [0.2, 0.25) is 36.3 Å². The molecule has 3 aromatic carbocycles. The normalized spacial score (nSPS) is 16.3. The molecule has 2 saturated heterocycles. The number of nitrogens with two attached hydrogens (primary N) is 1. The van der Waals surface area contributed by atoms with Crippen LogP contribution in [0.5, 0.6) is 23.0 Å². The minimum atomic E-state index is -2.15. The Kier molecular flexibility index (Phi) is 24.1. The summed E-state index contributed by atoms with van der Waals surface area (Å²) < 4.78 is 47.6. The Morgan fingerprint density at radius 2 is 1.19 bits per heavy atom. The standard InChI is InChI=1S/C61H93N7O14Si2/c1-17-29-79-59(74)66-53(39(2)3)55(70)63-40(4)54(69)64-42-25-23-41(24-26-42)36-80-58(73)65-48-35-52(50(76-12)33-46(48)57(72)68-28-19-22-44(68)38-82-84(15,16)61(8,9)10)78-31-20-30-77-51-34-47(62)45(32-49(51)75-11)56(71)67-27-18-21-43(67)37-81-83(13,14)60(5,6)7/h17,23-26,32-35,39-40,43-44,53H,1,18-22,27-31,36-38,62H2,2-16H3,(H,63,70)(H,64,69)(H,65,73)(H,66,74)/t40-,43-,44-,53-/m0/s1. The minimum Gasteiger partial charge on any atom is -0.493 e. The summed E-state index contributed by atoms with van der Waals surface area (Å²) in [5.41, 5.74) is 8.43. The van der Waals surface area contributed by atoms with E-state index >= 15 is 0 Å². The van der Waals surface area contributed by atoms with Gasteiger partial charge in [0.2, 0.25) is 11.8 Å². The van der Waals surface area contributed by atoms with Gasteiger partial charge >= 0.3 is 12.2 Å². The van der Waals surface area contributed by atoms with Crippen molar-refractivity contribution in [2.45, 2.75) is 161 Å². The molecule has 0 unspecified atom stereocenters. The molecular formula is C61H93N7O14Si2. The number of amides is 6. The molecule has 0 spiro atoms. The summed E-state index contributed by atoms with van der Waals surface area (Å²) >= 11 is 0. The lowest BCUT2D eigenvalue weighted by Gasteiger charge is -2.38. The molecule has 0 aliphatic carbocycles. The molecule has 6 amide bonds. The average Bonchev–Trinajstić information content (AvgIpc) is 3.99. The monoisotopic (exact) mass is 1200 g/mol. The van der Waals surface area contributed by atoms with E-state index in [9.17, 15) is 28.8 Å². The van der Waals surface area contributed by atoms with Gasteiger partial charge in [0, 0.05) is 43.0 Å². The van der Waals surface area contributed by atoms with Crippen molar-refractivity contribution >= 4 is 69.5 Å². The van der Waals surface area contributed by atoms with Gasteiger partial charge in [0.05, 0.1) is 69.5 Å². The molecule has 2 aliphatic rings. The van der Waals surface area contributed by atoms with Gasteiger partial charge in [-0.15, -0.1) is 0 Å². The van der Waals surface area contributed by atoms with E-state index < -0.39 is 52.7 Å². The Hall–Kier alpha value is -6.83. The first-order valence-electron chi connectivity index (χ1n) is 28.9. The second-order valence-electron chi connectivity index (χ2n) is 24.8. The molecule has 0 bridgehead atoms. The van der Waals surface area contributed by atoms with E-state index in [0.717, 1.165) is 25.7 Å². The molecule has 2 fully saturated rings. The number of ether oxygens (including phenoxy) is 6. The molecular weight excluding hydrogens is 1110 g/mol. The Balaban J connectivity index is 1.26. The van der Waals surface area contributed by atoms with Crippen LogP contribution in [0.25, 0.3) is 0 Å². The highest BCUT2D eigenvalue weighted by molar-refractivity contribution is 6.74. The lowest BCUT2D eigenvalue weighted by atomic mass is 10.0. The van der Waals surface area contributed by atoms with Crippen LogP contribution in [0, 0.1) is 5.92 Å². The van der Waals surface area contributed by atoms with E-state index in [1.165, 1.54) is 33.3 Å². The highest BCUT2D eigenvalue weighted by Crippen LogP contribution is 2.41. The zero-order valence-electron chi connectivity index (χ0n) is 52.2. The molecule has 5 rings (SSSR count). The molecule has 84 heavy (non-hydrogen) atoms. The number of alkyl carbamates (subject to hydrolysis) is 1. The second-order valence-corrected chi connectivity index (χ2v) is 34.4. The zero-order valence-corrected chi connectivity index (χ0v) is 54.2. The van der Waals surface area contributed by atoms with E-state index in [2.05, 4.69) is 95.6 Å². The number of likely N-dealkylation sites (tertiary alicyclic amines) is 2. The minimum absolute atomic E-state index is 0.0264. The Labute approximate surface area is 498 Å². The van der Waals surface area contributed by atoms with Crippen molar-refractivity contribution in [3.8, 4) is 23.0 Å². The number of rotatable bonds is 27. The van der Waals surface area contributed by atoms with Gasteiger partial charge in [-0.2, -0.15) is 0 Å². The van der Waals surface area contributed by atoms with Gasteiger partial charge < -0.3 is 68.8 Å². The summed E-state index contributed by atoms with van der Waals surface area (Å²) in [6.45, 7) is 32.4. The lowest BCUT2D eigenvalue weighted by Crippen LogP contribution is -2.53. The number of benzene rings is 3. The third kappa shape index (κ3) is 18.3. The fourth-order valence-electron chi connectivity index (χ4n) is 8.91. The van der Waals surface area contributed by atoms with E-state index in [1.54, 1.807) is 61.2 Å². The largest absolute Gasteiger partial charge is 0.493 e. The molecule has 21 nitrogen and oxygen atoms in total. The first-order chi connectivity index (χ1) is 39.4. The fourth-order valence-corrected chi connectivity index (χ4v) is 11.0. The number of methoxy groups -OCH3 is 2. The highest BCUT2D eigenvalue weighted by atomic mass is 28.4. The lowest BCUT2D eigenvalue weighted by molar-refractivity contribution is -0.128. The van der Waals surface area contributed by atoms with Crippen LogP contribution in [-0.4, -0.2) is 147 Å². The zero-order chi connectivity index (χ0) is 62.3. The van der Waals surface area contributed by atoms with E-state index in [0.29, 0.717) is 61.0 Å². The topological polar surface area (TPSA) is 257 Å². The third-order valence-electron chi connectivity index (χ3n) is 16.2. The van der Waals surface area contributed by atoms with Crippen LogP contribution in [-0.2, 0) is 34.5 Å². The van der Waals surface area contributed by atoms with Crippen molar-refractivity contribution in [2.75, 3.05) is 76.7 Å². The molecule has 0 saturated carbocycles. The summed E-state index contributed by atoms with van der Waals surface area (Å²) in [7, 11) is -1.20. The van der Waals surface area contributed by atoms with Gasteiger partial charge in [0.25, 0.3) is 11.8 Å². The summed E-state index contributed by atoms with van der Waals surface area (Å²) in [6.07, 6.45) is 3.39. The predicted octanol–water partition coefficient (Wildman–Crippen LogP) is 10.5. The molecule has 2 heterocycles. The number of carbonyl (C=O) groups excluding carboxylic acids is 6. The van der Waals surface area contributed by atoms with Crippen LogP contribution in [0.4, 0.5) is 26.7 Å². The van der Waals surface area contributed by atoms with Crippen molar-refractivity contribution in [3.05, 3.63) is 77.9 Å². The van der Waals surface area contributed by atoms with Crippen molar-refractivity contribution in [1.29, 1.82) is 0 Å². The highest BCUT2D eigenvalue weighted by Gasteiger charge is 2.41. The fraction of sp³-hybridized carbons (Fsp3) is 0.574. The quantitative estimate of drug-likeness (QED) is 0.0206. The second kappa shape index (κ2) is 29.8. The maximum atomic E-state index is 14.7. The maximum absolute atomic E-state index is 14.7. The van der Waals surface area contributed by atoms with Crippen LogP contribution in [0.1, 0.15) is 121 Å². The van der Waals surface area contributed by atoms with E-state index in [1.807, 2.05) is 4.90 Å². The van der Waals surface area contributed by atoms with E-state index in [-0.39, 0.29) is 94.8 Å². The average molecular weight is 1200 g/mol. The molecule has 464 valence electrons. The summed E-state index contributed by atoms with van der Waals surface area (Å²) in [5, 5.41) is 10.7. The Morgan fingerprint density at radius 1 is 0.679 bits per heavy atom. The summed E-state index contributed by atoms with van der Waals surface area (Å²) in [4.78, 5) is 84.3. The van der Waals surface area contributed by atoms with Crippen molar-refractivity contribution in [2.24, 2.45) is 5.92 Å². The molecule has 23 heteroatoms. The Bertz CT molecular complexity index is 2780. The first kappa shape index (κ1) is 68.0. The number of nitrogen functional groups attached to an aromatic ring is 1. The van der Waals surface area contributed by atoms with Crippen molar-refractivity contribution in [1.82, 2.24) is 20.4 Å². The van der Waals surface area contributed by atoms with Crippen molar-refractivity contribution in [3.63, 3.8) is 0 Å². The molecule has 4 atom stereocenters. The SMILES string of the molecule is C=CCOC(=O)N[C@H](C(=O)N[C@@H](C)C(=O)Nc1ccc(COC(=O)Nc2cc(OCCCOc3cc(N)c(C(=O)N4CCC[C@H]4CO[Si](C)(C)C(C)(C)C)cc3OC)c(OC)cc2C(=O)N2CCC[C@H]2CO[Si](C)(C)C(C)(C)C)cc1)C(C)C. The van der Waals surface area contributed by atoms with E-state index in [4.69, 9.17) is 43.0 Å². The molecule has 0 radical (unpaired) electrons. The predicted molar refractivity (Wildman–Crippen MR) is 330 cm³/mol. The Morgan fingerprint density at radius 3 is 1.69 bits per heavy atom. The van der Waals surface area contributed by atoms with Crippen molar-refractivity contribution < 1.29 is 66.0 Å². The van der Waals surface area contributed by atoms with Crippen LogP contribution < -0.4 is 45.9 Å². The number of carbonyl (C=O) groups is 6. The van der Waals surface area contributed by atoms with Gasteiger partial charge in [0.1, 0.15) is 25.3 Å². The van der Waals surface area contributed by atoms with Gasteiger partial charge in [-0.1, -0.05) is 80.2 Å². The van der Waals surface area contributed by atoms with Gasteiger partial charge in [0.15, 0.2) is 39.6 Å². The van der Waals surface area contributed by atoms with Gasteiger partial charge in [-0.25, -0.2) is 9.59 Å². The summed E-state index contributed by atoms with van der Waals surface area (Å²) in [6, 6.07) is 10.7.